The van der Waals surface area contributed by atoms with E-state index in [0.29, 0.717) is 6.54 Å². The maximum atomic E-state index is 13.6. The lowest BCUT2D eigenvalue weighted by Crippen LogP contribution is -2.42. The summed E-state index contributed by atoms with van der Waals surface area (Å²) in [4.78, 5) is 13.6. The number of Topliss-reactive ketones (excluding diaryl/α,β-unsaturated/α-hetero) is 1. The molecular formula is C24H25NO. The minimum absolute atomic E-state index is 0.176. The van der Waals surface area contributed by atoms with Crippen LogP contribution in [0.5, 0.6) is 0 Å². The van der Waals surface area contributed by atoms with Crippen molar-refractivity contribution in [3.8, 4) is 0 Å². The molecule has 1 atom stereocenters. The molecule has 0 fully saturated rings. The first-order valence-corrected chi connectivity index (χ1v) is 9.20. The highest BCUT2D eigenvalue weighted by molar-refractivity contribution is 6.04. The van der Waals surface area contributed by atoms with Gasteiger partial charge in [0.15, 0.2) is 5.78 Å². The number of hydrogen-bond acceptors (Lipinski definition) is 2. The minimum Gasteiger partial charge on any atom is -0.384 e. The fourth-order valence-electron chi connectivity index (χ4n) is 3.52. The predicted molar refractivity (Wildman–Crippen MR) is 109 cm³/mol. The number of benzene rings is 3. The lowest BCUT2D eigenvalue weighted by atomic mass is 9.71. The van der Waals surface area contributed by atoms with E-state index >= 15 is 0 Å². The number of ketones is 1. The molecule has 0 aliphatic rings. The average molecular weight is 343 g/mol. The lowest BCUT2D eigenvalue weighted by Gasteiger charge is -2.33. The Labute approximate surface area is 155 Å². The molecule has 3 rings (SSSR count). The number of hydrogen-bond donors (Lipinski definition) is 1. The van der Waals surface area contributed by atoms with Gasteiger partial charge in [0.2, 0.25) is 0 Å². The van der Waals surface area contributed by atoms with Gasteiger partial charge >= 0.3 is 0 Å². The molecule has 0 saturated heterocycles. The van der Waals surface area contributed by atoms with Gasteiger partial charge in [0.05, 0.1) is 5.41 Å². The van der Waals surface area contributed by atoms with Crippen molar-refractivity contribution in [3.63, 3.8) is 0 Å². The standard InChI is InChI=1S/C24H25NO/c1-2-18-24(21-14-8-4-9-15-21,19-25-22-16-10-5-11-17-22)23(26)20-12-6-3-7-13-20/h3-17,25H,2,18-19H2,1H3/t24-/m1/s1. The van der Waals surface area contributed by atoms with E-state index in [9.17, 15) is 4.79 Å². The predicted octanol–water partition coefficient (Wildman–Crippen LogP) is 5.72. The van der Waals surface area contributed by atoms with E-state index in [0.717, 1.165) is 29.7 Å². The number of anilines is 1. The van der Waals surface area contributed by atoms with Crippen LogP contribution in [0.3, 0.4) is 0 Å². The maximum absolute atomic E-state index is 13.6. The second-order valence-electron chi connectivity index (χ2n) is 6.61. The van der Waals surface area contributed by atoms with Crippen molar-refractivity contribution in [3.05, 3.63) is 102 Å². The smallest absolute Gasteiger partial charge is 0.175 e. The van der Waals surface area contributed by atoms with E-state index in [-0.39, 0.29) is 5.78 Å². The summed E-state index contributed by atoms with van der Waals surface area (Å²) in [5.74, 6) is 0.176. The molecule has 0 spiro atoms. The summed E-state index contributed by atoms with van der Waals surface area (Å²) in [6.45, 7) is 2.71. The van der Waals surface area contributed by atoms with Crippen molar-refractivity contribution in [2.75, 3.05) is 11.9 Å². The highest BCUT2D eigenvalue weighted by Gasteiger charge is 2.39. The Morgan fingerprint density at radius 3 is 1.92 bits per heavy atom. The van der Waals surface area contributed by atoms with Gasteiger partial charge in [-0.15, -0.1) is 0 Å². The van der Waals surface area contributed by atoms with Gasteiger partial charge in [-0.25, -0.2) is 0 Å². The topological polar surface area (TPSA) is 29.1 Å². The molecule has 2 heteroatoms. The molecule has 0 heterocycles. The molecule has 0 radical (unpaired) electrons. The summed E-state index contributed by atoms with van der Waals surface area (Å²) in [7, 11) is 0. The monoisotopic (exact) mass is 343 g/mol. The van der Waals surface area contributed by atoms with Crippen LogP contribution in [0.1, 0.15) is 35.7 Å². The molecule has 0 saturated carbocycles. The normalized spacial score (nSPS) is 13.0. The van der Waals surface area contributed by atoms with Crippen LogP contribution in [0.2, 0.25) is 0 Å². The molecule has 26 heavy (non-hydrogen) atoms. The van der Waals surface area contributed by atoms with Crippen LogP contribution < -0.4 is 5.32 Å². The fourth-order valence-corrected chi connectivity index (χ4v) is 3.52. The average Bonchev–Trinajstić information content (AvgIpc) is 2.73. The fraction of sp³-hybridized carbons (Fsp3) is 0.208. The molecule has 0 aromatic heterocycles. The number of nitrogens with one attached hydrogen (secondary N) is 1. The summed E-state index contributed by atoms with van der Waals surface area (Å²) in [6.07, 6.45) is 1.73. The first-order chi connectivity index (χ1) is 12.8. The molecule has 0 aliphatic heterocycles. The van der Waals surface area contributed by atoms with E-state index in [1.54, 1.807) is 0 Å². The summed E-state index contributed by atoms with van der Waals surface area (Å²) in [6, 6.07) is 29.9. The molecule has 0 aliphatic carbocycles. The quantitative estimate of drug-likeness (QED) is 0.530. The van der Waals surface area contributed by atoms with Crippen LogP contribution in [0, 0.1) is 0 Å². The Morgan fingerprint density at radius 2 is 1.35 bits per heavy atom. The van der Waals surface area contributed by atoms with Gasteiger partial charge in [0.1, 0.15) is 0 Å². The summed E-state index contributed by atoms with van der Waals surface area (Å²) in [5, 5.41) is 3.50. The molecular weight excluding hydrogens is 318 g/mol. The summed E-state index contributed by atoms with van der Waals surface area (Å²) in [5.41, 5.74) is 2.27. The van der Waals surface area contributed by atoms with Crippen molar-refractivity contribution >= 4 is 11.5 Å². The van der Waals surface area contributed by atoms with Gasteiger partial charge in [0.25, 0.3) is 0 Å². The van der Waals surface area contributed by atoms with Crippen molar-refractivity contribution < 1.29 is 4.79 Å². The second kappa shape index (κ2) is 8.48. The van der Waals surface area contributed by atoms with Gasteiger partial charge in [-0.2, -0.15) is 0 Å². The Bertz CT molecular complexity index is 815. The molecule has 0 amide bonds. The molecule has 3 aromatic rings. The van der Waals surface area contributed by atoms with Gasteiger partial charge in [-0.05, 0) is 24.1 Å². The zero-order valence-electron chi connectivity index (χ0n) is 15.2. The highest BCUT2D eigenvalue weighted by atomic mass is 16.1. The van der Waals surface area contributed by atoms with Gasteiger partial charge in [-0.3, -0.25) is 4.79 Å². The summed E-state index contributed by atoms with van der Waals surface area (Å²) >= 11 is 0. The Morgan fingerprint density at radius 1 is 0.808 bits per heavy atom. The molecule has 0 unspecified atom stereocenters. The zero-order chi connectivity index (χ0) is 18.2. The number of carbonyl (C=O) groups is 1. The maximum Gasteiger partial charge on any atom is 0.175 e. The third-order valence-electron chi connectivity index (χ3n) is 4.84. The van der Waals surface area contributed by atoms with E-state index in [1.807, 2.05) is 78.9 Å². The third kappa shape index (κ3) is 3.85. The van der Waals surface area contributed by atoms with E-state index in [4.69, 9.17) is 0 Å². The van der Waals surface area contributed by atoms with E-state index in [2.05, 4.69) is 24.4 Å². The Kier molecular flexibility index (Phi) is 5.85. The molecule has 3 aromatic carbocycles. The van der Waals surface area contributed by atoms with Gasteiger partial charge in [-0.1, -0.05) is 92.2 Å². The van der Waals surface area contributed by atoms with Gasteiger partial charge in [0, 0.05) is 17.8 Å². The summed E-state index contributed by atoms with van der Waals surface area (Å²) < 4.78 is 0. The van der Waals surface area contributed by atoms with Crippen molar-refractivity contribution in [1.29, 1.82) is 0 Å². The van der Waals surface area contributed by atoms with Crippen molar-refractivity contribution in [1.82, 2.24) is 0 Å². The second-order valence-corrected chi connectivity index (χ2v) is 6.61. The first kappa shape index (κ1) is 17.9. The van der Waals surface area contributed by atoms with Crippen LogP contribution in [-0.4, -0.2) is 12.3 Å². The van der Waals surface area contributed by atoms with E-state index < -0.39 is 5.41 Å². The number of para-hydroxylation sites is 1. The first-order valence-electron chi connectivity index (χ1n) is 9.20. The SMILES string of the molecule is CCC[C@](CNc1ccccc1)(C(=O)c1ccccc1)c1ccccc1. The Hall–Kier alpha value is -2.87. The molecule has 2 nitrogen and oxygen atoms in total. The van der Waals surface area contributed by atoms with Crippen molar-refractivity contribution in [2.24, 2.45) is 0 Å². The Balaban J connectivity index is 2.02. The van der Waals surface area contributed by atoms with Crippen molar-refractivity contribution in [2.45, 2.75) is 25.2 Å². The lowest BCUT2D eigenvalue weighted by molar-refractivity contribution is 0.0882. The number of rotatable bonds is 8. The minimum atomic E-state index is -0.590. The van der Waals surface area contributed by atoms with Crippen LogP contribution >= 0.6 is 0 Å². The van der Waals surface area contributed by atoms with Crippen LogP contribution in [0.4, 0.5) is 5.69 Å². The largest absolute Gasteiger partial charge is 0.384 e. The van der Waals surface area contributed by atoms with Crippen LogP contribution in [0.25, 0.3) is 0 Å². The highest BCUT2D eigenvalue weighted by Crippen LogP contribution is 2.34. The van der Waals surface area contributed by atoms with E-state index in [1.165, 1.54) is 0 Å². The zero-order valence-corrected chi connectivity index (χ0v) is 15.2. The van der Waals surface area contributed by atoms with Crippen LogP contribution in [-0.2, 0) is 5.41 Å². The molecule has 0 bridgehead atoms. The van der Waals surface area contributed by atoms with Crippen LogP contribution in [0.15, 0.2) is 91.0 Å². The number of carbonyl (C=O) groups excluding carboxylic acids is 1. The molecule has 132 valence electrons. The third-order valence-corrected chi connectivity index (χ3v) is 4.84. The molecule has 1 N–H and O–H groups in total. The van der Waals surface area contributed by atoms with Gasteiger partial charge < -0.3 is 5.32 Å².